The second-order valence-electron chi connectivity index (χ2n) is 8.20. The highest BCUT2D eigenvalue weighted by Gasteiger charge is 2.23. The van der Waals surface area contributed by atoms with E-state index in [-0.39, 0.29) is 6.04 Å². The van der Waals surface area contributed by atoms with Crippen LogP contribution in [0.1, 0.15) is 43.0 Å². The lowest BCUT2D eigenvalue weighted by molar-refractivity contribution is 0.251. The van der Waals surface area contributed by atoms with Gasteiger partial charge in [-0.05, 0) is 52.5 Å². The molecule has 0 amide bonds. The number of aryl methyl sites for hydroxylation is 1. The number of likely N-dealkylation sites (N-methyl/N-ethyl adjacent to an activating group) is 1. The van der Waals surface area contributed by atoms with Crippen LogP contribution < -0.4 is 10.6 Å². The lowest BCUT2D eigenvalue weighted by atomic mass is 10.1. The molecule has 1 aliphatic heterocycles. The highest BCUT2D eigenvalue weighted by molar-refractivity contribution is 5.79. The van der Waals surface area contributed by atoms with Crippen LogP contribution in [0, 0.1) is 0 Å². The molecule has 1 aromatic carbocycles. The van der Waals surface area contributed by atoms with E-state index < -0.39 is 0 Å². The van der Waals surface area contributed by atoms with Gasteiger partial charge in [-0.2, -0.15) is 5.10 Å². The zero-order valence-corrected chi connectivity index (χ0v) is 18.9. The largest absolute Gasteiger partial charge is 0.357 e. The van der Waals surface area contributed by atoms with E-state index in [1.54, 1.807) is 0 Å². The highest BCUT2D eigenvalue weighted by Crippen LogP contribution is 2.25. The van der Waals surface area contributed by atoms with E-state index in [1.807, 2.05) is 17.9 Å². The summed E-state index contributed by atoms with van der Waals surface area (Å²) in [4.78, 5) is 9.76. The minimum absolute atomic E-state index is 0.228. The first-order valence-corrected chi connectivity index (χ1v) is 11.0. The molecule has 7 nitrogen and oxygen atoms in total. The quantitative estimate of drug-likeness (QED) is 0.490. The van der Waals surface area contributed by atoms with Crippen molar-refractivity contribution in [1.29, 1.82) is 0 Å². The van der Waals surface area contributed by atoms with Gasteiger partial charge in [0.05, 0.1) is 24.8 Å². The van der Waals surface area contributed by atoms with E-state index in [2.05, 4.69) is 83.1 Å². The van der Waals surface area contributed by atoms with Gasteiger partial charge >= 0.3 is 0 Å². The molecule has 0 spiro atoms. The van der Waals surface area contributed by atoms with E-state index >= 15 is 0 Å². The molecule has 2 atom stereocenters. The number of nitrogens with zero attached hydrogens (tertiary/aromatic N) is 5. The van der Waals surface area contributed by atoms with Gasteiger partial charge in [0.1, 0.15) is 0 Å². The Hall–Kier alpha value is -2.38. The predicted molar refractivity (Wildman–Crippen MR) is 124 cm³/mol. The van der Waals surface area contributed by atoms with Crippen molar-refractivity contribution in [3.05, 3.63) is 53.9 Å². The van der Waals surface area contributed by atoms with Crippen LogP contribution in [-0.2, 0) is 7.05 Å². The van der Waals surface area contributed by atoms with Gasteiger partial charge < -0.3 is 15.5 Å². The Morgan fingerprint density at radius 2 is 1.87 bits per heavy atom. The zero-order valence-electron chi connectivity index (χ0n) is 18.9. The number of hydrogen-bond acceptors (Lipinski definition) is 4. The van der Waals surface area contributed by atoms with Crippen molar-refractivity contribution in [2.45, 2.75) is 31.8 Å². The van der Waals surface area contributed by atoms with Gasteiger partial charge in [0.2, 0.25) is 0 Å². The average Bonchev–Trinajstić information content (AvgIpc) is 3.41. The molecule has 2 N–H and O–H groups in total. The molecular formula is C23H37N7. The minimum Gasteiger partial charge on any atom is -0.357 e. The molecule has 1 aromatic heterocycles. The van der Waals surface area contributed by atoms with Crippen molar-refractivity contribution in [3.63, 3.8) is 0 Å². The van der Waals surface area contributed by atoms with E-state index in [1.165, 1.54) is 24.0 Å². The second-order valence-corrected chi connectivity index (χ2v) is 8.20. The minimum atomic E-state index is 0.228. The smallest absolute Gasteiger partial charge is 0.191 e. The Morgan fingerprint density at radius 3 is 2.47 bits per heavy atom. The van der Waals surface area contributed by atoms with Crippen LogP contribution in [-0.4, -0.2) is 72.4 Å². The molecule has 0 radical (unpaired) electrons. The summed E-state index contributed by atoms with van der Waals surface area (Å²) in [5.41, 5.74) is 2.55. The van der Waals surface area contributed by atoms with Crippen molar-refractivity contribution >= 4 is 5.96 Å². The maximum Gasteiger partial charge on any atom is 0.191 e. The first kappa shape index (κ1) is 22.3. The van der Waals surface area contributed by atoms with Gasteiger partial charge in [0.25, 0.3) is 0 Å². The van der Waals surface area contributed by atoms with Gasteiger partial charge in [-0.1, -0.05) is 30.3 Å². The maximum atomic E-state index is 4.98. The molecule has 0 bridgehead atoms. The third-order valence-corrected chi connectivity index (χ3v) is 5.73. The summed E-state index contributed by atoms with van der Waals surface area (Å²) in [5, 5.41) is 11.3. The third-order valence-electron chi connectivity index (χ3n) is 5.73. The fraction of sp³-hybridized carbons (Fsp3) is 0.565. The van der Waals surface area contributed by atoms with Crippen molar-refractivity contribution in [3.8, 4) is 0 Å². The van der Waals surface area contributed by atoms with Crippen LogP contribution >= 0.6 is 0 Å². The molecule has 2 heterocycles. The predicted octanol–water partition coefficient (Wildman–Crippen LogP) is 2.42. The van der Waals surface area contributed by atoms with E-state index in [0.717, 1.165) is 38.7 Å². The number of aromatic nitrogens is 2. The number of hydrogen-bond donors (Lipinski definition) is 2. The zero-order chi connectivity index (χ0) is 21.3. The van der Waals surface area contributed by atoms with Crippen LogP contribution in [0.3, 0.4) is 0 Å². The summed E-state index contributed by atoms with van der Waals surface area (Å²) in [6.45, 7) is 6.77. The molecule has 164 valence electrons. The molecular weight excluding hydrogens is 374 g/mol. The first-order chi connectivity index (χ1) is 14.6. The monoisotopic (exact) mass is 411 g/mol. The summed E-state index contributed by atoms with van der Waals surface area (Å²) in [6.07, 6.45) is 6.58. The van der Waals surface area contributed by atoms with Crippen molar-refractivity contribution < 1.29 is 0 Å². The van der Waals surface area contributed by atoms with Crippen LogP contribution in [0.15, 0.2) is 47.7 Å². The van der Waals surface area contributed by atoms with Gasteiger partial charge in [-0.3, -0.25) is 14.6 Å². The van der Waals surface area contributed by atoms with Crippen LogP contribution in [0.5, 0.6) is 0 Å². The van der Waals surface area contributed by atoms with E-state index in [9.17, 15) is 0 Å². The fourth-order valence-electron chi connectivity index (χ4n) is 4.08. The lowest BCUT2D eigenvalue weighted by Crippen LogP contribution is -2.42. The van der Waals surface area contributed by atoms with Crippen LogP contribution in [0.4, 0.5) is 0 Å². The molecule has 2 aromatic rings. The Labute approximate surface area is 181 Å². The standard InChI is InChI=1S/C23H37N7/c1-5-24-23(25-16-21(28(2)3)20-15-27-29(4)18-20)26-17-22(30-13-9-10-14-30)19-11-7-6-8-12-19/h6-8,11-12,15,18,21-22H,5,9-10,13-14,16-17H2,1-4H3,(H2,24,25,26). The summed E-state index contributed by atoms with van der Waals surface area (Å²) in [5.74, 6) is 0.869. The molecule has 30 heavy (non-hydrogen) atoms. The lowest BCUT2D eigenvalue weighted by Gasteiger charge is -2.27. The fourth-order valence-corrected chi connectivity index (χ4v) is 4.08. The number of nitrogens with one attached hydrogen (secondary N) is 2. The van der Waals surface area contributed by atoms with E-state index in [4.69, 9.17) is 4.99 Å². The number of rotatable bonds is 9. The number of benzene rings is 1. The molecule has 3 rings (SSSR count). The summed E-state index contributed by atoms with van der Waals surface area (Å²) < 4.78 is 1.85. The first-order valence-electron chi connectivity index (χ1n) is 11.0. The molecule has 7 heteroatoms. The molecule has 0 saturated carbocycles. The summed E-state index contributed by atoms with van der Waals surface area (Å²) in [6, 6.07) is 11.3. The Kier molecular flexibility index (Phi) is 8.28. The molecule has 1 fully saturated rings. The van der Waals surface area contributed by atoms with Crippen molar-refractivity contribution in [1.82, 2.24) is 30.2 Å². The second kappa shape index (κ2) is 11.1. The number of guanidine groups is 1. The topological polar surface area (TPSA) is 60.7 Å². The van der Waals surface area contributed by atoms with Crippen LogP contribution in [0.25, 0.3) is 0 Å². The number of likely N-dealkylation sites (tertiary alicyclic amines) is 1. The van der Waals surface area contributed by atoms with Crippen LogP contribution in [0.2, 0.25) is 0 Å². The SMILES string of the molecule is CCNC(=NCC(c1ccccc1)N1CCCC1)NCC(c1cnn(C)c1)N(C)C. The summed E-state index contributed by atoms with van der Waals surface area (Å²) >= 11 is 0. The summed E-state index contributed by atoms with van der Waals surface area (Å²) in [7, 11) is 6.15. The number of aliphatic imine (C=N–C) groups is 1. The molecule has 1 aliphatic rings. The van der Waals surface area contributed by atoms with Gasteiger partial charge in [-0.15, -0.1) is 0 Å². The molecule has 1 saturated heterocycles. The van der Waals surface area contributed by atoms with Crippen molar-refractivity contribution in [2.24, 2.45) is 12.0 Å². The normalized spacial score (nSPS) is 17.3. The third kappa shape index (κ3) is 6.06. The van der Waals surface area contributed by atoms with Gasteiger partial charge in [-0.25, -0.2) is 0 Å². The van der Waals surface area contributed by atoms with Gasteiger partial charge in [0, 0.05) is 31.9 Å². The Balaban J connectivity index is 1.70. The Morgan fingerprint density at radius 1 is 1.13 bits per heavy atom. The Bertz CT molecular complexity index is 778. The van der Waals surface area contributed by atoms with E-state index in [0.29, 0.717) is 6.04 Å². The highest BCUT2D eigenvalue weighted by atomic mass is 15.3. The molecule has 2 unspecified atom stereocenters. The van der Waals surface area contributed by atoms with Gasteiger partial charge in [0.15, 0.2) is 5.96 Å². The maximum absolute atomic E-state index is 4.98. The van der Waals surface area contributed by atoms with Crippen molar-refractivity contribution in [2.75, 3.05) is 46.8 Å². The average molecular weight is 412 g/mol. The molecule has 0 aliphatic carbocycles.